The van der Waals surface area contributed by atoms with Crippen LogP contribution >= 0.6 is 11.6 Å². The van der Waals surface area contributed by atoms with Crippen LogP contribution in [0.2, 0.25) is 0 Å². The lowest BCUT2D eigenvalue weighted by Crippen LogP contribution is -2.49. The molecule has 0 bridgehead atoms. The second-order valence-electron chi connectivity index (χ2n) is 9.64. The average molecular weight is 459 g/mol. The van der Waals surface area contributed by atoms with E-state index in [0.29, 0.717) is 12.5 Å². The van der Waals surface area contributed by atoms with Gasteiger partial charge in [0.1, 0.15) is 24.5 Å². The second-order valence-corrected chi connectivity index (χ2v) is 10.3. The average Bonchev–Trinajstić information content (AvgIpc) is 3.15. The molecule has 31 heavy (non-hydrogen) atoms. The number of hydrogen-bond donors (Lipinski definition) is 0. The molecule has 0 aromatic rings. The first-order valence-corrected chi connectivity index (χ1v) is 12.5. The van der Waals surface area contributed by atoms with Crippen LogP contribution in [0.15, 0.2) is 4.99 Å². The van der Waals surface area contributed by atoms with Crippen molar-refractivity contribution in [3.63, 3.8) is 0 Å². The summed E-state index contributed by atoms with van der Waals surface area (Å²) >= 11 is 6.24. The van der Waals surface area contributed by atoms with Crippen LogP contribution < -0.4 is 0 Å². The number of carbonyl (C=O) groups is 1. The zero-order chi connectivity index (χ0) is 22.0. The molecule has 0 aromatic carbocycles. The highest BCUT2D eigenvalue weighted by Crippen LogP contribution is 2.33. The molecule has 3 fully saturated rings. The Morgan fingerprint density at radius 3 is 2.58 bits per heavy atom. The summed E-state index contributed by atoms with van der Waals surface area (Å²) in [6, 6.07) is -0.136. The minimum Gasteiger partial charge on any atom is -0.447 e. The second kappa shape index (κ2) is 10.2. The van der Waals surface area contributed by atoms with Crippen molar-refractivity contribution < 1.29 is 23.4 Å². The number of ether oxygens (including phenoxy) is 3. The van der Waals surface area contributed by atoms with Crippen LogP contribution in [0.1, 0.15) is 77.6 Å². The zero-order valence-corrected chi connectivity index (χ0v) is 19.4. The molecule has 0 aromatic heterocycles. The number of nitrogens with zero attached hydrogens (tertiary/aromatic N) is 2. The molecule has 6 nitrogen and oxygen atoms in total. The minimum absolute atomic E-state index is 0.0192. The number of rotatable bonds is 5. The smallest absolute Gasteiger partial charge is 0.384 e. The molecular weight excluding hydrogens is 423 g/mol. The van der Waals surface area contributed by atoms with Gasteiger partial charge >= 0.3 is 6.08 Å². The maximum absolute atomic E-state index is 14.2. The molecule has 1 amide bonds. The summed E-state index contributed by atoms with van der Waals surface area (Å²) in [6.45, 7) is 1.78. The van der Waals surface area contributed by atoms with Gasteiger partial charge in [0.15, 0.2) is 0 Å². The van der Waals surface area contributed by atoms with Crippen LogP contribution in [-0.2, 0) is 19.0 Å². The van der Waals surface area contributed by atoms with Crippen molar-refractivity contribution in [1.82, 2.24) is 4.90 Å². The molecule has 3 saturated carbocycles. The summed E-state index contributed by atoms with van der Waals surface area (Å²) in [5.41, 5.74) is 0. The van der Waals surface area contributed by atoms with Gasteiger partial charge in [-0.05, 0) is 58.3 Å². The molecule has 176 valence electrons. The van der Waals surface area contributed by atoms with E-state index in [9.17, 15) is 9.18 Å². The van der Waals surface area contributed by atoms with E-state index >= 15 is 0 Å². The van der Waals surface area contributed by atoms with E-state index in [1.807, 2.05) is 0 Å². The first-order chi connectivity index (χ1) is 14.9. The third kappa shape index (κ3) is 5.65. The van der Waals surface area contributed by atoms with Crippen molar-refractivity contribution in [3.8, 4) is 0 Å². The summed E-state index contributed by atoms with van der Waals surface area (Å²) in [7, 11) is 1.71. The molecule has 5 unspecified atom stereocenters. The molecule has 1 aliphatic heterocycles. The predicted octanol–water partition coefficient (Wildman–Crippen LogP) is 4.37. The van der Waals surface area contributed by atoms with Gasteiger partial charge in [0, 0.05) is 18.8 Å². The maximum atomic E-state index is 14.2. The molecule has 1 heterocycles. The number of alkyl halides is 2. The molecule has 0 N–H and O–H groups in total. The lowest BCUT2D eigenvalue weighted by molar-refractivity contribution is -0.151. The van der Waals surface area contributed by atoms with E-state index in [1.54, 1.807) is 18.9 Å². The van der Waals surface area contributed by atoms with Gasteiger partial charge in [0.2, 0.25) is 0 Å². The van der Waals surface area contributed by atoms with Crippen LogP contribution in [0, 0.1) is 0 Å². The molecule has 8 heteroatoms. The molecule has 0 radical (unpaired) electrons. The fourth-order valence-corrected chi connectivity index (χ4v) is 5.72. The van der Waals surface area contributed by atoms with Gasteiger partial charge in [-0.25, -0.2) is 9.38 Å². The molecule has 0 spiro atoms. The summed E-state index contributed by atoms with van der Waals surface area (Å²) in [5, 5.41) is 0.168. The van der Waals surface area contributed by atoms with Gasteiger partial charge in [0.05, 0.1) is 18.2 Å². The topological polar surface area (TPSA) is 60.4 Å². The molecule has 3 aliphatic carbocycles. The fraction of sp³-hybridized carbons (Fsp3) is 0.913. The summed E-state index contributed by atoms with van der Waals surface area (Å²) < 4.78 is 32.2. The Morgan fingerprint density at radius 1 is 1.13 bits per heavy atom. The third-order valence-electron chi connectivity index (χ3n) is 7.34. The lowest BCUT2D eigenvalue weighted by Gasteiger charge is -2.36. The maximum Gasteiger partial charge on any atom is 0.384 e. The molecular formula is C23H36ClFN2O4. The Balaban J connectivity index is 1.19. The van der Waals surface area contributed by atoms with E-state index in [4.69, 9.17) is 25.8 Å². The SMILES string of the molecule is C[C@H](OC1CCC(OC2=NC3CCC(Cl)CC3O2)CC1)C(=O)N(C)C1CCCCC1F. The number of carbonyl (C=O) groups excluding carboxylic acids is 1. The van der Waals surface area contributed by atoms with E-state index in [-0.39, 0.29) is 41.7 Å². The first-order valence-electron chi connectivity index (χ1n) is 12.0. The summed E-state index contributed by atoms with van der Waals surface area (Å²) in [6.07, 6.45) is 8.32. The van der Waals surface area contributed by atoms with Crippen molar-refractivity contribution in [2.75, 3.05) is 7.05 Å². The number of halogens is 2. The van der Waals surface area contributed by atoms with E-state index in [0.717, 1.165) is 64.2 Å². The molecule has 0 saturated heterocycles. The third-order valence-corrected chi connectivity index (χ3v) is 7.74. The van der Waals surface area contributed by atoms with Gasteiger partial charge < -0.3 is 19.1 Å². The number of hydrogen-bond acceptors (Lipinski definition) is 5. The Labute approximate surface area is 189 Å². The Kier molecular flexibility index (Phi) is 7.63. The monoisotopic (exact) mass is 458 g/mol. The number of amides is 1. The van der Waals surface area contributed by atoms with Crippen molar-refractivity contribution in [3.05, 3.63) is 0 Å². The van der Waals surface area contributed by atoms with E-state index in [2.05, 4.69) is 4.99 Å². The standard InChI is InChI=1S/C23H36ClFN2O4/c1-14(22(28)27(2)20-6-4-3-5-18(20)25)29-16-8-10-17(11-9-16)30-23-26-19-12-7-15(24)13-21(19)31-23/h14-21H,3-13H2,1-2H3/t14-,15?,16?,17?,18?,19?,20?,21?/m0/s1. The van der Waals surface area contributed by atoms with Crippen LogP contribution in [0.3, 0.4) is 0 Å². The number of likely N-dealkylation sites (N-methyl/N-ethyl adjacent to an activating group) is 1. The van der Waals surface area contributed by atoms with Crippen molar-refractivity contribution in [1.29, 1.82) is 0 Å². The van der Waals surface area contributed by atoms with Crippen molar-refractivity contribution in [2.45, 2.75) is 126 Å². The van der Waals surface area contributed by atoms with Gasteiger partial charge in [-0.15, -0.1) is 11.6 Å². The van der Waals surface area contributed by atoms with Gasteiger partial charge in [-0.1, -0.05) is 12.8 Å². The van der Waals surface area contributed by atoms with E-state index in [1.165, 1.54) is 0 Å². The predicted molar refractivity (Wildman–Crippen MR) is 117 cm³/mol. The van der Waals surface area contributed by atoms with Crippen molar-refractivity contribution in [2.24, 2.45) is 4.99 Å². The minimum atomic E-state index is -0.928. The van der Waals surface area contributed by atoms with Crippen LogP contribution in [0.25, 0.3) is 0 Å². The van der Waals surface area contributed by atoms with E-state index < -0.39 is 12.3 Å². The summed E-state index contributed by atoms with van der Waals surface area (Å²) in [4.78, 5) is 18.9. The quantitative estimate of drug-likeness (QED) is 0.574. The molecule has 6 atom stereocenters. The van der Waals surface area contributed by atoms with Crippen LogP contribution in [0.5, 0.6) is 0 Å². The lowest BCUT2D eigenvalue weighted by atomic mass is 9.92. The zero-order valence-electron chi connectivity index (χ0n) is 18.7. The van der Waals surface area contributed by atoms with Crippen LogP contribution in [-0.4, -0.2) is 72.0 Å². The largest absolute Gasteiger partial charge is 0.447 e. The fourth-order valence-electron chi connectivity index (χ4n) is 5.42. The van der Waals surface area contributed by atoms with Gasteiger partial charge in [0.25, 0.3) is 5.91 Å². The normalized spacial score (nSPS) is 39.1. The molecule has 4 aliphatic rings. The number of fused-ring (bicyclic) bond motifs is 1. The summed E-state index contributed by atoms with van der Waals surface area (Å²) in [5.74, 6) is -0.123. The highest BCUT2D eigenvalue weighted by Gasteiger charge is 2.39. The molecule has 4 rings (SSSR count). The first kappa shape index (κ1) is 23.1. The Hall–Kier alpha value is -1.08. The van der Waals surface area contributed by atoms with Crippen LogP contribution in [0.4, 0.5) is 4.39 Å². The highest BCUT2D eigenvalue weighted by atomic mass is 35.5. The highest BCUT2D eigenvalue weighted by molar-refractivity contribution is 6.20. The van der Waals surface area contributed by atoms with Crippen molar-refractivity contribution >= 4 is 23.6 Å². The Morgan fingerprint density at radius 2 is 1.84 bits per heavy atom. The van der Waals surface area contributed by atoms with Gasteiger partial charge in [-0.3, -0.25) is 4.79 Å². The Bertz CT molecular complexity index is 657. The van der Waals surface area contributed by atoms with Gasteiger partial charge in [-0.2, -0.15) is 0 Å². The number of aliphatic imine (C=N–C) groups is 1.